The van der Waals surface area contributed by atoms with E-state index in [4.69, 9.17) is 10.7 Å². The number of nitrogens with two attached hydrogens (primary N) is 1. The predicted molar refractivity (Wildman–Crippen MR) is 193 cm³/mol. The van der Waals surface area contributed by atoms with Crippen LogP contribution in [0.1, 0.15) is 88.5 Å². The zero-order chi connectivity index (χ0) is 32.5. The number of aryl methyl sites for hydroxylation is 1. The van der Waals surface area contributed by atoms with Gasteiger partial charge in [-0.2, -0.15) is 0 Å². The molecule has 6 nitrogen and oxygen atoms in total. The van der Waals surface area contributed by atoms with E-state index in [1.807, 2.05) is 6.07 Å². The van der Waals surface area contributed by atoms with Crippen LogP contribution in [0.4, 0.5) is 0 Å². The lowest BCUT2D eigenvalue weighted by molar-refractivity contribution is -0.116. The van der Waals surface area contributed by atoms with Crippen LogP contribution in [0.25, 0.3) is 17.0 Å². The number of nitrogens with zero attached hydrogens (tertiary/aromatic N) is 3. The first-order valence-corrected chi connectivity index (χ1v) is 18.9. The highest BCUT2D eigenvalue weighted by atomic mass is 16.3. The first-order chi connectivity index (χ1) is 22.9. The Labute approximate surface area is 282 Å². The minimum Gasteiger partial charge on any atom is -0.506 e. The number of aliphatic hydroxyl groups excluding tert-OH is 1. The summed E-state index contributed by atoms with van der Waals surface area (Å²) < 4.78 is 0. The Balaban J connectivity index is 1.29. The minimum atomic E-state index is -0.225. The molecule has 47 heavy (non-hydrogen) atoms. The van der Waals surface area contributed by atoms with Crippen LogP contribution in [0.2, 0.25) is 0 Å². The smallest absolute Gasteiger partial charge is 0.141 e. The number of aromatic nitrogens is 1. The number of pyridine rings is 1. The molecule has 6 heterocycles. The molecule has 0 radical (unpaired) electrons. The molecule has 2 saturated heterocycles. The highest BCUT2D eigenvalue weighted by molar-refractivity contribution is 5.90. The van der Waals surface area contributed by atoms with Crippen molar-refractivity contribution in [2.75, 3.05) is 39.3 Å². The quantitative estimate of drug-likeness (QED) is 0.311. The fourth-order valence-corrected chi connectivity index (χ4v) is 10.5. The number of fused-ring (bicyclic) bond motifs is 3. The van der Waals surface area contributed by atoms with Gasteiger partial charge in [-0.15, -0.1) is 0 Å². The summed E-state index contributed by atoms with van der Waals surface area (Å²) in [5.41, 5.74) is 12.4. The number of hydrogen-bond donors (Lipinski definition) is 3. The fourth-order valence-electron chi connectivity index (χ4n) is 10.5. The number of allylic oxidation sites excluding steroid dienone is 3. The zero-order valence-electron chi connectivity index (χ0n) is 28.9. The van der Waals surface area contributed by atoms with Gasteiger partial charge in [-0.1, -0.05) is 61.9 Å². The molecule has 254 valence electrons. The summed E-state index contributed by atoms with van der Waals surface area (Å²) in [7, 11) is 0. The molecule has 6 heteroatoms. The van der Waals surface area contributed by atoms with Crippen LogP contribution >= 0.6 is 0 Å². The van der Waals surface area contributed by atoms with E-state index in [0.29, 0.717) is 29.9 Å². The van der Waals surface area contributed by atoms with Gasteiger partial charge in [0.1, 0.15) is 11.3 Å². The van der Waals surface area contributed by atoms with Gasteiger partial charge in [-0.25, -0.2) is 4.98 Å². The van der Waals surface area contributed by atoms with Gasteiger partial charge in [-0.3, -0.25) is 4.90 Å². The average molecular weight is 639 g/mol. The molecule has 5 aliphatic heterocycles. The maximum Gasteiger partial charge on any atom is 0.141 e. The number of aliphatic hydroxyl groups is 1. The van der Waals surface area contributed by atoms with Crippen molar-refractivity contribution in [2.45, 2.75) is 96.6 Å². The van der Waals surface area contributed by atoms with E-state index in [0.717, 1.165) is 94.5 Å². The number of aromatic hydroxyl groups is 1. The highest BCUT2D eigenvalue weighted by Gasteiger charge is 2.59. The van der Waals surface area contributed by atoms with Crippen molar-refractivity contribution in [1.29, 1.82) is 0 Å². The molecule has 2 aromatic rings. The summed E-state index contributed by atoms with van der Waals surface area (Å²) in [6, 6.07) is 6.27. The van der Waals surface area contributed by atoms with Gasteiger partial charge in [0.15, 0.2) is 0 Å². The standard InChI is InChI=1S/C41H58N4O2/c1-28-16-17-36-33(32(18-21-42)34-13-10-15-38(47)39(34)43-36)12-8-9-20-41-27-44-22-19-35(41)31-23-30(40(41)45(24-28)26-31)11-6-4-3-5-7-14-37(46)29(2)25-44/h3-4,8,10,12-13,15,23,28-29,31,35,37,40,46-47H,5-7,9,11,14,16-22,24-27,42H2,1-2H3/b4-3-,12-8-. The Kier molecular flexibility index (Phi) is 9.94. The molecule has 2 fully saturated rings. The van der Waals surface area contributed by atoms with Crippen LogP contribution in [0, 0.1) is 29.1 Å². The normalized spacial score (nSPS) is 37.7. The fraction of sp³-hybridized carbons (Fsp3) is 0.634. The van der Waals surface area contributed by atoms with Gasteiger partial charge in [0, 0.05) is 48.7 Å². The molecule has 1 aromatic carbocycles. The van der Waals surface area contributed by atoms with E-state index in [1.54, 1.807) is 11.6 Å². The Bertz CT molecular complexity index is 1510. The molecule has 8 rings (SSSR count). The van der Waals surface area contributed by atoms with E-state index in [9.17, 15) is 10.2 Å². The van der Waals surface area contributed by atoms with Crippen molar-refractivity contribution in [3.63, 3.8) is 0 Å². The summed E-state index contributed by atoms with van der Waals surface area (Å²) in [6.45, 7) is 10.9. The van der Waals surface area contributed by atoms with Gasteiger partial charge >= 0.3 is 0 Å². The van der Waals surface area contributed by atoms with Gasteiger partial charge in [-0.05, 0) is 125 Å². The second-order valence-corrected chi connectivity index (χ2v) is 15.9. The van der Waals surface area contributed by atoms with Crippen LogP contribution in [0.15, 0.2) is 48.1 Å². The minimum absolute atomic E-state index is 0.217. The lowest BCUT2D eigenvalue weighted by Gasteiger charge is -2.65. The number of benzene rings is 1. The van der Waals surface area contributed by atoms with Crippen LogP contribution in [0.3, 0.4) is 0 Å². The predicted octanol–water partition coefficient (Wildman–Crippen LogP) is 6.88. The Hall–Kier alpha value is -2.51. The van der Waals surface area contributed by atoms with E-state index in [2.05, 4.69) is 60.1 Å². The topological polar surface area (TPSA) is 85.8 Å². The first kappa shape index (κ1) is 33.0. The van der Waals surface area contributed by atoms with E-state index in [-0.39, 0.29) is 23.2 Å². The number of rotatable bonds is 2. The molecule has 1 aromatic heterocycles. The van der Waals surface area contributed by atoms with Crippen LogP contribution in [-0.2, 0) is 12.8 Å². The average Bonchev–Trinajstić information content (AvgIpc) is 3.06. The van der Waals surface area contributed by atoms with E-state index in [1.165, 1.54) is 36.9 Å². The highest BCUT2D eigenvalue weighted by Crippen LogP contribution is 2.57. The third-order valence-corrected chi connectivity index (χ3v) is 12.6. The number of piperidine rings is 2. The third-order valence-electron chi connectivity index (χ3n) is 12.6. The maximum absolute atomic E-state index is 11.1. The zero-order valence-corrected chi connectivity index (χ0v) is 28.9. The van der Waals surface area contributed by atoms with Crippen LogP contribution in [-0.4, -0.2) is 76.4 Å². The Morgan fingerprint density at radius 1 is 1.00 bits per heavy atom. The SMILES string of the molecule is CC1CCc2nc3c(O)cccc3c(CCN)c2/C=C\CCC23CN4CCC2C2C=C(CC/C=C\CCCC(O)C(C)C4)C3N(C1)C2. The monoisotopic (exact) mass is 638 g/mol. The summed E-state index contributed by atoms with van der Waals surface area (Å²) in [5, 5.41) is 23.0. The van der Waals surface area contributed by atoms with Crippen molar-refractivity contribution in [1.82, 2.24) is 14.8 Å². The summed E-state index contributed by atoms with van der Waals surface area (Å²) in [5.74, 6) is 2.43. The molecule has 9 unspecified atom stereocenters. The van der Waals surface area contributed by atoms with Crippen molar-refractivity contribution < 1.29 is 10.2 Å². The van der Waals surface area contributed by atoms with E-state index >= 15 is 0 Å². The molecule has 6 aliphatic rings. The maximum atomic E-state index is 11.1. The van der Waals surface area contributed by atoms with Crippen molar-refractivity contribution in [3.8, 4) is 5.75 Å². The molecule has 0 amide bonds. The van der Waals surface area contributed by atoms with Crippen molar-refractivity contribution in [3.05, 3.63) is 64.9 Å². The molecule has 1 aliphatic carbocycles. The Morgan fingerprint density at radius 3 is 2.74 bits per heavy atom. The summed E-state index contributed by atoms with van der Waals surface area (Å²) in [6.07, 6.45) is 23.7. The van der Waals surface area contributed by atoms with Gasteiger partial charge in [0.25, 0.3) is 0 Å². The number of hydrogen-bond acceptors (Lipinski definition) is 6. The Morgan fingerprint density at radius 2 is 1.87 bits per heavy atom. The van der Waals surface area contributed by atoms with Gasteiger partial charge in [0.05, 0.1) is 6.10 Å². The second-order valence-electron chi connectivity index (χ2n) is 15.9. The van der Waals surface area contributed by atoms with Crippen LogP contribution < -0.4 is 5.73 Å². The molecule has 9 atom stereocenters. The third kappa shape index (κ3) is 6.48. The summed E-state index contributed by atoms with van der Waals surface area (Å²) >= 11 is 0. The molecular weight excluding hydrogens is 580 g/mol. The number of phenolic OH excluding ortho intramolecular Hbond substituents is 1. The summed E-state index contributed by atoms with van der Waals surface area (Å²) in [4.78, 5) is 10.8. The number of phenols is 1. The van der Waals surface area contributed by atoms with Gasteiger partial charge in [0.2, 0.25) is 0 Å². The van der Waals surface area contributed by atoms with Crippen LogP contribution in [0.5, 0.6) is 5.75 Å². The molecule has 0 saturated carbocycles. The number of para-hydroxylation sites is 1. The molecule has 6 bridgehead atoms. The lowest BCUT2D eigenvalue weighted by Crippen LogP contribution is -2.69. The second kappa shape index (κ2) is 14.2. The first-order valence-electron chi connectivity index (χ1n) is 18.9. The molecule has 4 N–H and O–H groups in total. The van der Waals surface area contributed by atoms with Crippen molar-refractivity contribution in [2.24, 2.45) is 34.8 Å². The van der Waals surface area contributed by atoms with E-state index < -0.39 is 0 Å². The molecular formula is C41H58N4O2. The largest absolute Gasteiger partial charge is 0.506 e. The van der Waals surface area contributed by atoms with Crippen molar-refractivity contribution >= 4 is 17.0 Å². The lowest BCUT2D eigenvalue weighted by atomic mass is 9.51. The van der Waals surface area contributed by atoms with Gasteiger partial charge < -0.3 is 20.8 Å². The molecule has 1 spiro atoms.